The Hall–Kier alpha value is -0.700. The van der Waals surface area contributed by atoms with E-state index in [0.717, 1.165) is 39.8 Å². The first-order valence-corrected chi connectivity index (χ1v) is 7.87. The van der Waals surface area contributed by atoms with Gasteiger partial charge in [0.2, 0.25) is 0 Å². The average molecular weight is 332 g/mol. The third kappa shape index (κ3) is 3.30. The molecule has 1 atom stereocenters. The minimum atomic E-state index is 0.174. The minimum Gasteiger partial charge on any atom is -0.271 e. The quantitative estimate of drug-likeness (QED) is 0.716. The first-order chi connectivity index (χ1) is 9.56. The van der Waals surface area contributed by atoms with Gasteiger partial charge in [0.1, 0.15) is 0 Å². The van der Waals surface area contributed by atoms with Crippen LogP contribution in [0.5, 0.6) is 0 Å². The molecule has 0 saturated carbocycles. The predicted octanol–water partition coefficient (Wildman–Crippen LogP) is 4.85. The molecule has 2 nitrogen and oxygen atoms in total. The van der Waals surface area contributed by atoms with Crippen LogP contribution in [-0.4, -0.2) is 15.7 Å². The molecule has 5 heteroatoms. The zero-order valence-electron chi connectivity index (χ0n) is 11.5. The lowest BCUT2D eigenvalue weighted by Gasteiger charge is -2.15. The van der Waals surface area contributed by atoms with Crippen LogP contribution < -0.4 is 0 Å². The van der Waals surface area contributed by atoms with Crippen molar-refractivity contribution in [1.29, 1.82) is 0 Å². The molecule has 0 fully saturated rings. The predicted molar refractivity (Wildman–Crippen MR) is 86.2 cm³/mol. The number of rotatable bonds is 5. The summed E-state index contributed by atoms with van der Waals surface area (Å²) in [6.45, 7) is 2.05. The maximum absolute atomic E-state index is 6.40. The lowest BCUT2D eigenvalue weighted by atomic mass is 9.96. The number of halogens is 3. The Labute approximate surface area is 134 Å². The number of aromatic nitrogens is 2. The van der Waals surface area contributed by atoms with Gasteiger partial charge in [-0.25, -0.2) is 0 Å². The Balaban J connectivity index is 2.29. The Morgan fingerprint density at radius 2 is 2.05 bits per heavy atom. The summed E-state index contributed by atoms with van der Waals surface area (Å²) in [7, 11) is 1.92. The van der Waals surface area contributed by atoms with Crippen molar-refractivity contribution in [2.75, 3.05) is 5.88 Å². The Morgan fingerprint density at radius 1 is 1.30 bits per heavy atom. The second kappa shape index (κ2) is 6.84. The summed E-state index contributed by atoms with van der Waals surface area (Å²) in [4.78, 5) is 0. The van der Waals surface area contributed by atoms with Gasteiger partial charge in [-0.05, 0) is 30.5 Å². The average Bonchev–Trinajstić information content (AvgIpc) is 2.71. The second-order valence-electron chi connectivity index (χ2n) is 4.79. The van der Waals surface area contributed by atoms with Crippen LogP contribution in [-0.2, 0) is 19.9 Å². The normalized spacial score (nSPS) is 12.7. The number of alkyl halides is 1. The maximum atomic E-state index is 6.40. The maximum Gasteiger partial charge on any atom is 0.0849 e. The molecule has 0 radical (unpaired) electrons. The summed E-state index contributed by atoms with van der Waals surface area (Å²) < 4.78 is 1.85. The standard InChI is InChI=1S/C15H17Cl3N2/c1-3-13-15(18)14(20(2)19-13)8-11(9-16)10-5-4-6-12(17)7-10/h4-7,11H,3,8-9H2,1-2H3. The van der Waals surface area contributed by atoms with Crippen LogP contribution in [0, 0.1) is 0 Å². The number of nitrogens with zero attached hydrogens (tertiary/aromatic N) is 2. The Morgan fingerprint density at radius 3 is 2.60 bits per heavy atom. The smallest absolute Gasteiger partial charge is 0.0849 e. The molecule has 0 aliphatic carbocycles. The SMILES string of the molecule is CCc1nn(C)c(CC(CCl)c2cccc(Cl)c2)c1Cl. The highest BCUT2D eigenvalue weighted by molar-refractivity contribution is 6.32. The van der Waals surface area contributed by atoms with Crippen LogP contribution in [0.25, 0.3) is 0 Å². The Bertz CT molecular complexity index is 593. The van der Waals surface area contributed by atoms with E-state index in [2.05, 4.69) is 5.10 Å². The molecular weight excluding hydrogens is 315 g/mol. The van der Waals surface area contributed by atoms with Crippen LogP contribution in [0.1, 0.15) is 29.8 Å². The van der Waals surface area contributed by atoms with Crippen molar-refractivity contribution in [3.8, 4) is 0 Å². The van der Waals surface area contributed by atoms with E-state index < -0.39 is 0 Å². The van der Waals surface area contributed by atoms with E-state index in [1.165, 1.54) is 0 Å². The lowest BCUT2D eigenvalue weighted by molar-refractivity contribution is 0.655. The fourth-order valence-corrected chi connectivity index (χ4v) is 3.15. The van der Waals surface area contributed by atoms with Crippen LogP contribution in [0.15, 0.2) is 24.3 Å². The van der Waals surface area contributed by atoms with Crippen molar-refractivity contribution >= 4 is 34.8 Å². The van der Waals surface area contributed by atoms with E-state index in [0.29, 0.717) is 5.88 Å². The third-order valence-electron chi connectivity index (χ3n) is 3.45. The van der Waals surface area contributed by atoms with E-state index in [9.17, 15) is 0 Å². The summed E-state index contributed by atoms with van der Waals surface area (Å²) in [6.07, 6.45) is 1.58. The molecule has 0 saturated heterocycles. The fraction of sp³-hybridized carbons (Fsp3) is 0.400. The van der Waals surface area contributed by atoms with Crippen molar-refractivity contribution in [3.05, 3.63) is 51.3 Å². The number of hydrogen-bond acceptors (Lipinski definition) is 1. The van der Waals surface area contributed by atoms with E-state index in [1.807, 2.05) is 42.9 Å². The molecule has 2 aromatic rings. The van der Waals surface area contributed by atoms with E-state index in [4.69, 9.17) is 34.8 Å². The van der Waals surface area contributed by atoms with Gasteiger partial charge in [0.25, 0.3) is 0 Å². The summed E-state index contributed by atoms with van der Waals surface area (Å²) >= 11 is 18.6. The van der Waals surface area contributed by atoms with Crippen molar-refractivity contribution in [2.24, 2.45) is 7.05 Å². The van der Waals surface area contributed by atoms with Gasteiger partial charge in [-0.15, -0.1) is 11.6 Å². The van der Waals surface area contributed by atoms with Gasteiger partial charge in [0, 0.05) is 23.9 Å². The molecule has 108 valence electrons. The van der Waals surface area contributed by atoms with E-state index in [1.54, 1.807) is 0 Å². The topological polar surface area (TPSA) is 17.8 Å². The monoisotopic (exact) mass is 330 g/mol. The van der Waals surface area contributed by atoms with Crippen LogP contribution >= 0.6 is 34.8 Å². The Kier molecular flexibility index (Phi) is 5.36. The number of hydrogen-bond donors (Lipinski definition) is 0. The van der Waals surface area contributed by atoms with Gasteiger partial charge in [-0.1, -0.05) is 42.3 Å². The zero-order chi connectivity index (χ0) is 14.7. The van der Waals surface area contributed by atoms with Crippen LogP contribution in [0.2, 0.25) is 10.0 Å². The fourth-order valence-electron chi connectivity index (χ4n) is 2.30. The first-order valence-electron chi connectivity index (χ1n) is 6.58. The molecule has 0 aliphatic heterocycles. The van der Waals surface area contributed by atoms with Gasteiger partial charge < -0.3 is 0 Å². The van der Waals surface area contributed by atoms with Gasteiger partial charge >= 0.3 is 0 Å². The first kappa shape index (κ1) is 15.7. The number of benzene rings is 1. The molecule has 1 aromatic carbocycles. The van der Waals surface area contributed by atoms with Crippen molar-refractivity contribution in [1.82, 2.24) is 9.78 Å². The molecule has 20 heavy (non-hydrogen) atoms. The number of aryl methyl sites for hydroxylation is 2. The molecule has 1 aromatic heterocycles. The summed E-state index contributed by atoms with van der Waals surface area (Å²) in [5.74, 6) is 0.691. The molecule has 1 heterocycles. The lowest BCUT2D eigenvalue weighted by Crippen LogP contribution is -2.09. The van der Waals surface area contributed by atoms with Gasteiger partial charge in [-0.2, -0.15) is 5.10 Å². The second-order valence-corrected chi connectivity index (χ2v) is 5.92. The molecule has 2 rings (SSSR count). The largest absolute Gasteiger partial charge is 0.271 e. The molecule has 0 N–H and O–H groups in total. The highest BCUT2D eigenvalue weighted by atomic mass is 35.5. The van der Waals surface area contributed by atoms with Gasteiger partial charge in [-0.3, -0.25) is 4.68 Å². The molecule has 0 amide bonds. The minimum absolute atomic E-state index is 0.174. The highest BCUT2D eigenvalue weighted by Gasteiger charge is 2.19. The van der Waals surface area contributed by atoms with Gasteiger partial charge in [0.05, 0.1) is 16.4 Å². The molecule has 0 bridgehead atoms. The molecule has 0 aliphatic rings. The third-order valence-corrected chi connectivity index (χ3v) is 4.49. The van der Waals surface area contributed by atoms with Crippen molar-refractivity contribution in [2.45, 2.75) is 25.7 Å². The van der Waals surface area contributed by atoms with E-state index in [-0.39, 0.29) is 5.92 Å². The highest BCUT2D eigenvalue weighted by Crippen LogP contribution is 2.29. The van der Waals surface area contributed by atoms with Crippen LogP contribution in [0.4, 0.5) is 0 Å². The molecular formula is C15H17Cl3N2. The summed E-state index contributed by atoms with van der Waals surface area (Å²) in [5, 5.41) is 5.92. The van der Waals surface area contributed by atoms with Gasteiger partial charge in [0.15, 0.2) is 0 Å². The van der Waals surface area contributed by atoms with Crippen molar-refractivity contribution < 1.29 is 0 Å². The zero-order valence-corrected chi connectivity index (χ0v) is 13.8. The summed E-state index contributed by atoms with van der Waals surface area (Å²) in [5.41, 5.74) is 3.08. The molecule has 0 spiro atoms. The summed E-state index contributed by atoms with van der Waals surface area (Å²) in [6, 6.07) is 7.81. The van der Waals surface area contributed by atoms with Crippen molar-refractivity contribution in [3.63, 3.8) is 0 Å². The molecule has 1 unspecified atom stereocenters. The van der Waals surface area contributed by atoms with E-state index >= 15 is 0 Å². The van der Waals surface area contributed by atoms with Crippen LogP contribution in [0.3, 0.4) is 0 Å².